The Balaban J connectivity index is 1.68. The van der Waals surface area contributed by atoms with Gasteiger partial charge in [-0.2, -0.15) is 13.2 Å². The minimum absolute atomic E-state index is 0.0797. The lowest BCUT2D eigenvalue weighted by molar-refractivity contribution is -0.183. The number of hydrogen-bond acceptors (Lipinski definition) is 3. The smallest absolute Gasteiger partial charge is 0.357 e. The molecule has 174 valence electrons. The number of rotatable bonds is 5. The van der Waals surface area contributed by atoms with E-state index in [2.05, 4.69) is 27.5 Å². The summed E-state index contributed by atoms with van der Waals surface area (Å²) in [5.41, 5.74) is 0.0797. The number of piperidine rings is 2. The first-order chi connectivity index (χ1) is 14.3. The first kappa shape index (κ1) is 23.6. The van der Waals surface area contributed by atoms with Crippen LogP contribution in [0.2, 0.25) is 0 Å². The van der Waals surface area contributed by atoms with E-state index >= 15 is 0 Å². The maximum Gasteiger partial charge on any atom is 0.391 e. The highest BCUT2D eigenvalue weighted by Gasteiger charge is 2.43. The third-order valence-electron chi connectivity index (χ3n) is 7.30. The van der Waals surface area contributed by atoms with Crippen LogP contribution in [0.4, 0.5) is 13.2 Å². The van der Waals surface area contributed by atoms with E-state index in [9.17, 15) is 13.2 Å². The molecule has 0 bridgehead atoms. The van der Waals surface area contributed by atoms with Crippen LogP contribution in [0.15, 0.2) is 4.99 Å². The molecule has 0 radical (unpaired) electrons. The molecule has 2 saturated heterocycles. The molecular formula is C22H40F3N5. The van der Waals surface area contributed by atoms with E-state index < -0.39 is 12.1 Å². The Bertz CT molecular complexity index is 551. The van der Waals surface area contributed by atoms with E-state index in [-0.39, 0.29) is 24.4 Å². The Morgan fingerprint density at radius 1 is 1.03 bits per heavy atom. The lowest BCUT2D eigenvalue weighted by atomic mass is 9.84. The van der Waals surface area contributed by atoms with Gasteiger partial charge in [-0.15, -0.1) is 0 Å². The number of hydrogen-bond donors (Lipinski definition) is 2. The van der Waals surface area contributed by atoms with Crippen LogP contribution < -0.4 is 10.6 Å². The minimum atomic E-state index is -4.09. The van der Waals surface area contributed by atoms with Gasteiger partial charge in [-0.05, 0) is 85.1 Å². The number of nitrogens with zero attached hydrogens (tertiary/aromatic N) is 3. The lowest BCUT2D eigenvalue weighted by Gasteiger charge is -2.49. The van der Waals surface area contributed by atoms with E-state index in [0.29, 0.717) is 25.5 Å². The van der Waals surface area contributed by atoms with Crippen molar-refractivity contribution in [2.75, 3.05) is 46.3 Å². The highest BCUT2D eigenvalue weighted by Crippen LogP contribution is 2.37. The van der Waals surface area contributed by atoms with Gasteiger partial charge in [0, 0.05) is 18.1 Å². The maximum absolute atomic E-state index is 13.2. The van der Waals surface area contributed by atoms with Crippen LogP contribution in [-0.2, 0) is 0 Å². The molecule has 3 rings (SSSR count). The SMILES string of the molecule is CCNC(=NCC1(N2CCCCC2)CCN(C)CC1)NC1CCCC(C(F)(F)F)C1. The van der Waals surface area contributed by atoms with Gasteiger partial charge in [-0.1, -0.05) is 12.8 Å². The highest BCUT2D eigenvalue weighted by atomic mass is 19.4. The molecule has 0 aromatic rings. The molecule has 0 aromatic heterocycles. The van der Waals surface area contributed by atoms with Crippen LogP contribution in [0.5, 0.6) is 0 Å². The second-order valence-corrected chi connectivity index (χ2v) is 9.52. The van der Waals surface area contributed by atoms with Gasteiger partial charge in [0.05, 0.1) is 12.5 Å². The molecule has 1 saturated carbocycles. The van der Waals surface area contributed by atoms with Crippen molar-refractivity contribution >= 4 is 5.96 Å². The third kappa shape index (κ3) is 6.25. The molecule has 2 atom stereocenters. The summed E-state index contributed by atoms with van der Waals surface area (Å²) in [6, 6.07) is -0.161. The van der Waals surface area contributed by atoms with Crippen molar-refractivity contribution in [3.63, 3.8) is 0 Å². The third-order valence-corrected chi connectivity index (χ3v) is 7.30. The van der Waals surface area contributed by atoms with E-state index in [1.165, 1.54) is 19.3 Å². The largest absolute Gasteiger partial charge is 0.391 e. The van der Waals surface area contributed by atoms with Gasteiger partial charge in [-0.25, -0.2) is 0 Å². The second-order valence-electron chi connectivity index (χ2n) is 9.52. The summed E-state index contributed by atoms with van der Waals surface area (Å²) in [6.07, 6.45) is 3.71. The van der Waals surface area contributed by atoms with Crippen molar-refractivity contribution in [2.24, 2.45) is 10.9 Å². The predicted octanol–water partition coefficient (Wildman–Crippen LogP) is 3.61. The van der Waals surface area contributed by atoms with Crippen LogP contribution in [0.3, 0.4) is 0 Å². The molecule has 5 nitrogen and oxygen atoms in total. The van der Waals surface area contributed by atoms with Gasteiger partial charge in [0.15, 0.2) is 5.96 Å². The van der Waals surface area contributed by atoms with Crippen LogP contribution in [0.25, 0.3) is 0 Å². The number of guanidine groups is 1. The normalized spacial score (nSPS) is 29.6. The molecule has 8 heteroatoms. The molecule has 0 amide bonds. The van der Waals surface area contributed by atoms with Gasteiger partial charge in [0.2, 0.25) is 0 Å². The summed E-state index contributed by atoms with van der Waals surface area (Å²) in [6.45, 7) is 7.86. The molecule has 2 aliphatic heterocycles. The Labute approximate surface area is 179 Å². The number of likely N-dealkylation sites (tertiary alicyclic amines) is 2. The number of alkyl halides is 3. The summed E-state index contributed by atoms with van der Waals surface area (Å²) in [7, 11) is 2.18. The summed E-state index contributed by atoms with van der Waals surface area (Å²) >= 11 is 0. The Morgan fingerprint density at radius 3 is 2.37 bits per heavy atom. The van der Waals surface area contributed by atoms with Gasteiger partial charge < -0.3 is 15.5 Å². The van der Waals surface area contributed by atoms with Crippen molar-refractivity contribution < 1.29 is 13.2 Å². The quantitative estimate of drug-likeness (QED) is 0.516. The molecule has 1 aliphatic carbocycles. The second kappa shape index (κ2) is 10.5. The standard InChI is InChI=1S/C22H40F3N5/c1-3-26-20(28-19-9-7-8-18(16-19)22(23,24)25)27-17-21(10-14-29(2)15-11-21)30-12-5-4-6-13-30/h18-19H,3-17H2,1-2H3,(H2,26,27,28). The average Bonchev–Trinajstić information content (AvgIpc) is 2.74. The molecule has 2 N–H and O–H groups in total. The van der Waals surface area contributed by atoms with Crippen molar-refractivity contribution in [1.82, 2.24) is 20.4 Å². The fourth-order valence-corrected chi connectivity index (χ4v) is 5.34. The van der Waals surface area contributed by atoms with Crippen molar-refractivity contribution in [3.8, 4) is 0 Å². The van der Waals surface area contributed by atoms with E-state index in [0.717, 1.165) is 45.4 Å². The van der Waals surface area contributed by atoms with Crippen molar-refractivity contribution in [1.29, 1.82) is 0 Å². The topological polar surface area (TPSA) is 42.9 Å². The van der Waals surface area contributed by atoms with E-state index in [1.54, 1.807) is 0 Å². The zero-order valence-electron chi connectivity index (χ0n) is 18.7. The van der Waals surface area contributed by atoms with Crippen molar-refractivity contribution in [3.05, 3.63) is 0 Å². The van der Waals surface area contributed by atoms with Gasteiger partial charge >= 0.3 is 6.18 Å². The zero-order chi connectivity index (χ0) is 21.6. The molecule has 0 spiro atoms. The summed E-state index contributed by atoms with van der Waals surface area (Å²) < 4.78 is 39.6. The predicted molar refractivity (Wildman–Crippen MR) is 116 cm³/mol. The maximum atomic E-state index is 13.2. The summed E-state index contributed by atoms with van der Waals surface area (Å²) in [4.78, 5) is 9.98. The van der Waals surface area contributed by atoms with Crippen LogP contribution in [0, 0.1) is 5.92 Å². The number of nitrogens with one attached hydrogen (secondary N) is 2. The Kier molecular flexibility index (Phi) is 8.30. The van der Waals surface area contributed by atoms with E-state index in [1.807, 2.05) is 6.92 Å². The fraction of sp³-hybridized carbons (Fsp3) is 0.955. The summed E-state index contributed by atoms with van der Waals surface area (Å²) in [5.74, 6) is -0.513. The molecule has 3 aliphatic rings. The fourth-order valence-electron chi connectivity index (χ4n) is 5.34. The summed E-state index contributed by atoms with van der Waals surface area (Å²) in [5, 5.41) is 6.62. The highest BCUT2D eigenvalue weighted by molar-refractivity contribution is 5.80. The van der Waals surface area contributed by atoms with Gasteiger partial charge in [0.25, 0.3) is 0 Å². The number of aliphatic imine (C=N–C) groups is 1. The lowest BCUT2D eigenvalue weighted by Crippen LogP contribution is -2.58. The molecular weight excluding hydrogens is 391 g/mol. The Hall–Kier alpha value is -1.02. The van der Waals surface area contributed by atoms with Crippen LogP contribution in [0.1, 0.15) is 64.7 Å². The van der Waals surface area contributed by atoms with Crippen LogP contribution in [-0.4, -0.2) is 79.8 Å². The van der Waals surface area contributed by atoms with Gasteiger partial charge in [0.1, 0.15) is 0 Å². The first-order valence-corrected chi connectivity index (χ1v) is 11.9. The molecule has 3 fully saturated rings. The van der Waals surface area contributed by atoms with Gasteiger partial charge in [-0.3, -0.25) is 9.89 Å². The molecule has 2 unspecified atom stereocenters. The Morgan fingerprint density at radius 2 is 1.73 bits per heavy atom. The first-order valence-electron chi connectivity index (χ1n) is 11.9. The van der Waals surface area contributed by atoms with Crippen LogP contribution >= 0.6 is 0 Å². The zero-order valence-corrected chi connectivity index (χ0v) is 18.7. The van der Waals surface area contributed by atoms with E-state index in [4.69, 9.17) is 4.99 Å². The van der Waals surface area contributed by atoms with Crippen molar-refractivity contribution in [2.45, 2.75) is 82.5 Å². The molecule has 0 aromatic carbocycles. The monoisotopic (exact) mass is 431 g/mol. The molecule has 2 heterocycles. The average molecular weight is 432 g/mol. The molecule has 30 heavy (non-hydrogen) atoms. The number of halogens is 3. The minimum Gasteiger partial charge on any atom is -0.357 e.